The number of carbonyl (C=O) groups excluding carboxylic acids is 1. The summed E-state index contributed by atoms with van der Waals surface area (Å²) in [4.78, 5) is 15.4. The summed E-state index contributed by atoms with van der Waals surface area (Å²) in [6.07, 6.45) is 1.68. The predicted molar refractivity (Wildman–Crippen MR) is 130 cm³/mol. The molecule has 0 atom stereocenters. The van der Waals surface area contributed by atoms with Gasteiger partial charge in [0.25, 0.3) is 0 Å². The van der Waals surface area contributed by atoms with E-state index in [9.17, 15) is 4.79 Å². The van der Waals surface area contributed by atoms with Gasteiger partial charge in [-0.1, -0.05) is 0 Å². The standard InChI is InChI=1S/C23H26N6O4S/c1-31-19-9-6-16(14-20(19)32-2)21-25-27-29(26-21)18-10-12-28(13-11-18)23(34)24-17-7-4-15(5-8-17)22(30)33-3/h4-9,14,18H,10-13H2,1-3H3,(H,24,34). The van der Waals surface area contributed by atoms with Gasteiger partial charge in [0.05, 0.1) is 32.9 Å². The van der Waals surface area contributed by atoms with Crippen molar-refractivity contribution in [1.82, 2.24) is 25.1 Å². The Balaban J connectivity index is 1.34. The molecule has 2 aromatic carbocycles. The zero-order valence-electron chi connectivity index (χ0n) is 19.2. The first-order chi connectivity index (χ1) is 16.5. The van der Waals surface area contributed by atoms with E-state index in [1.165, 1.54) is 7.11 Å². The molecule has 0 spiro atoms. The van der Waals surface area contributed by atoms with Crippen molar-refractivity contribution in [2.75, 3.05) is 39.7 Å². The number of anilines is 1. The predicted octanol–water partition coefficient (Wildman–Crippen LogP) is 3.18. The van der Waals surface area contributed by atoms with Crippen molar-refractivity contribution >= 4 is 29.0 Å². The molecule has 2 heterocycles. The average molecular weight is 483 g/mol. The molecule has 3 aromatic rings. The minimum Gasteiger partial charge on any atom is -0.493 e. The summed E-state index contributed by atoms with van der Waals surface area (Å²) in [6, 6.07) is 12.7. The van der Waals surface area contributed by atoms with Crippen LogP contribution in [-0.2, 0) is 4.74 Å². The number of tetrazole rings is 1. The molecule has 0 amide bonds. The van der Waals surface area contributed by atoms with E-state index in [2.05, 4.69) is 25.6 Å². The number of rotatable bonds is 6. The van der Waals surface area contributed by atoms with E-state index >= 15 is 0 Å². The number of hydrogen-bond acceptors (Lipinski definition) is 8. The van der Waals surface area contributed by atoms with Gasteiger partial charge in [-0.2, -0.15) is 4.80 Å². The molecule has 1 N–H and O–H groups in total. The quantitative estimate of drug-likeness (QED) is 0.416. The van der Waals surface area contributed by atoms with Crippen LogP contribution in [0.4, 0.5) is 5.69 Å². The van der Waals surface area contributed by atoms with Crippen LogP contribution >= 0.6 is 12.2 Å². The molecule has 0 saturated carbocycles. The van der Waals surface area contributed by atoms with Crippen LogP contribution in [0.3, 0.4) is 0 Å². The van der Waals surface area contributed by atoms with Crippen LogP contribution < -0.4 is 14.8 Å². The maximum atomic E-state index is 11.6. The van der Waals surface area contributed by atoms with E-state index < -0.39 is 0 Å². The number of thiocarbonyl (C=S) groups is 1. The van der Waals surface area contributed by atoms with E-state index in [0.717, 1.165) is 37.2 Å². The minimum absolute atomic E-state index is 0.139. The van der Waals surface area contributed by atoms with Crippen LogP contribution in [0.1, 0.15) is 29.2 Å². The van der Waals surface area contributed by atoms with Crippen molar-refractivity contribution in [1.29, 1.82) is 0 Å². The number of aromatic nitrogens is 4. The molecule has 10 nitrogen and oxygen atoms in total. The van der Waals surface area contributed by atoms with Gasteiger partial charge >= 0.3 is 5.97 Å². The Hall–Kier alpha value is -3.73. The summed E-state index contributed by atoms with van der Waals surface area (Å²) in [7, 11) is 4.55. The summed E-state index contributed by atoms with van der Waals surface area (Å²) in [6.45, 7) is 1.54. The van der Waals surface area contributed by atoms with E-state index in [-0.39, 0.29) is 12.0 Å². The lowest BCUT2D eigenvalue weighted by Crippen LogP contribution is -2.41. The third kappa shape index (κ3) is 5.09. The molecule has 0 unspecified atom stereocenters. The largest absolute Gasteiger partial charge is 0.493 e. The van der Waals surface area contributed by atoms with Crippen LogP contribution in [0, 0.1) is 0 Å². The Morgan fingerprint density at radius 2 is 1.74 bits per heavy atom. The first-order valence-corrected chi connectivity index (χ1v) is 11.2. The number of esters is 1. The van der Waals surface area contributed by atoms with Crippen molar-refractivity contribution in [3.8, 4) is 22.9 Å². The molecule has 1 saturated heterocycles. The van der Waals surface area contributed by atoms with Gasteiger partial charge in [-0.05, 0) is 72.7 Å². The maximum absolute atomic E-state index is 11.6. The summed E-state index contributed by atoms with van der Waals surface area (Å²) in [5.41, 5.74) is 2.12. The third-order valence-corrected chi connectivity index (χ3v) is 6.07. The lowest BCUT2D eigenvalue weighted by Gasteiger charge is -2.33. The third-order valence-electron chi connectivity index (χ3n) is 5.71. The summed E-state index contributed by atoms with van der Waals surface area (Å²) >= 11 is 5.58. The molecule has 4 rings (SSSR count). The minimum atomic E-state index is -0.368. The number of ether oxygens (including phenoxy) is 3. The van der Waals surface area contributed by atoms with Crippen LogP contribution in [0.15, 0.2) is 42.5 Å². The Morgan fingerprint density at radius 3 is 2.38 bits per heavy atom. The van der Waals surface area contributed by atoms with Gasteiger partial charge in [-0.25, -0.2) is 4.79 Å². The van der Waals surface area contributed by atoms with Crippen molar-refractivity contribution < 1.29 is 19.0 Å². The number of benzene rings is 2. The topological polar surface area (TPSA) is 104 Å². The molecule has 1 fully saturated rings. The Morgan fingerprint density at radius 1 is 1.03 bits per heavy atom. The van der Waals surface area contributed by atoms with Crippen LogP contribution in [-0.4, -0.2) is 70.6 Å². The van der Waals surface area contributed by atoms with Crippen molar-refractivity contribution in [3.63, 3.8) is 0 Å². The van der Waals surface area contributed by atoms with E-state index in [1.54, 1.807) is 43.3 Å². The zero-order valence-corrected chi connectivity index (χ0v) is 20.0. The molecule has 178 valence electrons. The van der Waals surface area contributed by atoms with Crippen LogP contribution in [0.25, 0.3) is 11.4 Å². The van der Waals surface area contributed by atoms with Crippen LogP contribution in [0.5, 0.6) is 11.5 Å². The average Bonchev–Trinajstić information content (AvgIpc) is 3.38. The van der Waals surface area contributed by atoms with Gasteiger partial charge in [0.2, 0.25) is 5.82 Å². The lowest BCUT2D eigenvalue weighted by atomic mass is 10.1. The lowest BCUT2D eigenvalue weighted by molar-refractivity contribution is 0.0601. The number of likely N-dealkylation sites (tertiary alicyclic amines) is 1. The first kappa shape index (κ1) is 23.4. The highest BCUT2D eigenvalue weighted by Crippen LogP contribution is 2.31. The molecular formula is C23H26N6O4S. The molecule has 11 heteroatoms. The molecule has 0 bridgehead atoms. The van der Waals surface area contributed by atoms with Gasteiger partial charge in [0, 0.05) is 24.3 Å². The molecule has 1 aliphatic rings. The van der Waals surface area contributed by atoms with E-state index in [0.29, 0.717) is 28.0 Å². The summed E-state index contributed by atoms with van der Waals surface area (Å²) in [5, 5.41) is 17.0. The maximum Gasteiger partial charge on any atom is 0.337 e. The van der Waals surface area contributed by atoms with E-state index in [1.807, 2.05) is 18.2 Å². The van der Waals surface area contributed by atoms with Gasteiger partial charge in [-0.3, -0.25) is 0 Å². The molecule has 0 aliphatic carbocycles. The van der Waals surface area contributed by atoms with Crippen molar-refractivity contribution in [3.05, 3.63) is 48.0 Å². The smallest absolute Gasteiger partial charge is 0.337 e. The fourth-order valence-electron chi connectivity index (χ4n) is 3.78. The molecule has 1 aliphatic heterocycles. The van der Waals surface area contributed by atoms with Gasteiger partial charge in [0.15, 0.2) is 16.6 Å². The second-order valence-corrected chi connectivity index (χ2v) is 8.11. The fraction of sp³-hybridized carbons (Fsp3) is 0.348. The summed E-state index contributed by atoms with van der Waals surface area (Å²) < 4.78 is 15.4. The first-order valence-electron chi connectivity index (χ1n) is 10.8. The Kier molecular flexibility index (Phi) is 7.21. The molecule has 1 aromatic heterocycles. The second-order valence-electron chi connectivity index (χ2n) is 7.72. The number of nitrogens with zero attached hydrogens (tertiary/aromatic N) is 5. The normalized spacial score (nSPS) is 13.9. The number of methoxy groups -OCH3 is 3. The highest BCUT2D eigenvalue weighted by molar-refractivity contribution is 7.80. The Bertz CT molecular complexity index is 1160. The Labute approximate surface area is 202 Å². The monoisotopic (exact) mass is 482 g/mol. The number of piperidine rings is 1. The SMILES string of the molecule is COC(=O)c1ccc(NC(=S)N2CCC(n3nnc(-c4ccc(OC)c(OC)c4)n3)CC2)cc1. The molecule has 0 radical (unpaired) electrons. The molecule has 34 heavy (non-hydrogen) atoms. The fourth-order valence-corrected chi connectivity index (χ4v) is 4.08. The number of carbonyl (C=O) groups is 1. The second kappa shape index (κ2) is 10.5. The number of nitrogens with one attached hydrogen (secondary N) is 1. The highest BCUT2D eigenvalue weighted by Gasteiger charge is 2.24. The van der Waals surface area contributed by atoms with Gasteiger partial charge < -0.3 is 24.4 Å². The molecular weight excluding hydrogens is 456 g/mol. The van der Waals surface area contributed by atoms with Crippen molar-refractivity contribution in [2.24, 2.45) is 0 Å². The number of hydrogen-bond donors (Lipinski definition) is 1. The van der Waals surface area contributed by atoms with E-state index in [4.69, 9.17) is 26.4 Å². The summed E-state index contributed by atoms with van der Waals surface area (Å²) in [5.74, 6) is 1.43. The van der Waals surface area contributed by atoms with Crippen molar-refractivity contribution in [2.45, 2.75) is 18.9 Å². The highest BCUT2D eigenvalue weighted by atomic mass is 32.1. The zero-order chi connectivity index (χ0) is 24.1. The van der Waals surface area contributed by atoms with Gasteiger partial charge in [-0.15, -0.1) is 10.2 Å². The van der Waals surface area contributed by atoms with Crippen LogP contribution in [0.2, 0.25) is 0 Å². The van der Waals surface area contributed by atoms with Gasteiger partial charge in [0.1, 0.15) is 0 Å².